The lowest BCUT2D eigenvalue weighted by molar-refractivity contribution is -0.119. The van der Waals surface area contributed by atoms with Crippen LogP contribution in [0, 0.1) is 0 Å². The molecular formula is C13H13Cl3N4O2S. The number of thioether (sulfide) groups is 1. The van der Waals surface area contributed by atoms with Crippen molar-refractivity contribution in [1.82, 2.24) is 10.7 Å². The van der Waals surface area contributed by atoms with Crippen molar-refractivity contribution in [3.05, 3.63) is 30.3 Å². The molecule has 1 aliphatic heterocycles. The summed E-state index contributed by atoms with van der Waals surface area (Å²) in [6.45, 7) is 1.30. The molecule has 2 N–H and O–H groups in total. The van der Waals surface area contributed by atoms with Gasteiger partial charge in [-0.2, -0.15) is 0 Å². The molecule has 2 rings (SSSR count). The fraction of sp³-hybridized carbons (Fsp3) is 0.308. The van der Waals surface area contributed by atoms with Crippen molar-refractivity contribution in [2.75, 3.05) is 10.8 Å². The van der Waals surface area contributed by atoms with Crippen LogP contribution in [0.3, 0.4) is 0 Å². The first-order valence-corrected chi connectivity index (χ1v) is 8.58. The summed E-state index contributed by atoms with van der Waals surface area (Å²) >= 11 is 18.7. The number of hydrogen-bond acceptors (Lipinski definition) is 4. The van der Waals surface area contributed by atoms with Gasteiger partial charge in [-0.15, -0.1) is 0 Å². The van der Waals surface area contributed by atoms with Crippen molar-refractivity contribution < 1.29 is 9.59 Å². The molecule has 0 bridgehead atoms. The Morgan fingerprint density at radius 1 is 1.39 bits per heavy atom. The van der Waals surface area contributed by atoms with Gasteiger partial charge in [0.15, 0.2) is 11.3 Å². The van der Waals surface area contributed by atoms with Crippen LogP contribution in [-0.4, -0.2) is 32.7 Å². The van der Waals surface area contributed by atoms with Crippen LogP contribution in [0.5, 0.6) is 0 Å². The number of nitrogens with one attached hydrogen (secondary N) is 2. The first-order chi connectivity index (χ1) is 10.8. The maximum absolute atomic E-state index is 12.0. The number of para-hydroxylation sites is 1. The van der Waals surface area contributed by atoms with E-state index in [4.69, 9.17) is 34.8 Å². The van der Waals surface area contributed by atoms with Gasteiger partial charge in [-0.05, 0) is 12.1 Å². The first kappa shape index (κ1) is 18.2. The molecule has 1 aromatic rings. The van der Waals surface area contributed by atoms with Crippen molar-refractivity contribution in [2.24, 2.45) is 4.99 Å². The summed E-state index contributed by atoms with van der Waals surface area (Å²) < 4.78 is -1.82. The number of rotatable bonds is 3. The molecule has 0 saturated carbocycles. The van der Waals surface area contributed by atoms with E-state index in [9.17, 15) is 9.59 Å². The molecule has 1 heterocycles. The molecule has 0 radical (unpaired) electrons. The van der Waals surface area contributed by atoms with Crippen molar-refractivity contribution in [3.63, 3.8) is 0 Å². The Balaban J connectivity index is 2.22. The Morgan fingerprint density at radius 3 is 2.61 bits per heavy atom. The maximum Gasteiger partial charge on any atom is 0.256 e. The number of anilines is 1. The minimum atomic E-state index is -1.82. The summed E-state index contributed by atoms with van der Waals surface area (Å²) in [5.41, 5.74) is 3.53. The van der Waals surface area contributed by atoms with E-state index < -0.39 is 9.96 Å². The molecule has 1 aliphatic rings. The molecule has 2 amide bonds. The number of carbonyl (C=O) groups excluding carboxylic acids is 2. The average Bonchev–Trinajstić information content (AvgIpc) is 2.48. The number of amidine groups is 1. The third kappa shape index (κ3) is 5.17. The Kier molecular flexibility index (Phi) is 6.02. The third-order valence-corrected chi connectivity index (χ3v) is 4.18. The van der Waals surface area contributed by atoms with E-state index in [0.717, 1.165) is 11.8 Å². The Labute approximate surface area is 152 Å². The minimum absolute atomic E-state index is 0.134. The molecule has 1 aromatic carbocycles. The van der Waals surface area contributed by atoms with Gasteiger partial charge >= 0.3 is 0 Å². The standard InChI is InChI=1S/C13H13Cl3N4O2S/c1-8(21)17-11(13(14,15)16)18-12-19-20(10(22)7-23-12)9-5-3-2-4-6-9/h2-6,11H,7H2,1H3,(H,17,21)(H,18,19)/t11-/m1/s1. The smallest absolute Gasteiger partial charge is 0.256 e. The molecule has 23 heavy (non-hydrogen) atoms. The Morgan fingerprint density at radius 2 is 2.04 bits per heavy atom. The van der Waals surface area contributed by atoms with E-state index in [0.29, 0.717) is 10.9 Å². The third-order valence-electron chi connectivity index (χ3n) is 2.70. The number of amides is 2. The maximum atomic E-state index is 12.0. The number of halogens is 3. The van der Waals surface area contributed by atoms with E-state index in [-0.39, 0.29) is 17.6 Å². The first-order valence-electron chi connectivity index (χ1n) is 6.46. The normalized spacial score (nSPS) is 18.5. The van der Waals surface area contributed by atoms with E-state index >= 15 is 0 Å². The minimum Gasteiger partial charge on any atom is -0.331 e. The largest absolute Gasteiger partial charge is 0.331 e. The molecule has 1 atom stereocenters. The zero-order chi connectivity index (χ0) is 17.0. The topological polar surface area (TPSA) is 73.8 Å². The molecule has 1 saturated heterocycles. The highest BCUT2D eigenvalue weighted by Crippen LogP contribution is 2.32. The fourth-order valence-corrected chi connectivity index (χ4v) is 2.77. The fourth-order valence-electron chi connectivity index (χ4n) is 1.73. The lowest BCUT2D eigenvalue weighted by Gasteiger charge is -2.30. The molecule has 0 aliphatic carbocycles. The highest BCUT2D eigenvalue weighted by Gasteiger charge is 2.35. The zero-order valence-corrected chi connectivity index (χ0v) is 15.0. The van der Waals surface area contributed by atoms with Gasteiger partial charge in [-0.1, -0.05) is 64.8 Å². The van der Waals surface area contributed by atoms with Gasteiger partial charge < -0.3 is 5.32 Å². The summed E-state index contributed by atoms with van der Waals surface area (Å²) in [6, 6.07) is 9.02. The van der Waals surface area contributed by atoms with Gasteiger partial charge in [-0.3, -0.25) is 15.0 Å². The van der Waals surface area contributed by atoms with Crippen LogP contribution in [0.1, 0.15) is 6.92 Å². The second-order valence-corrected chi connectivity index (χ2v) is 7.88. The molecule has 10 heteroatoms. The number of aliphatic imine (C=N–C) groups is 1. The van der Waals surface area contributed by atoms with Crippen molar-refractivity contribution in [3.8, 4) is 0 Å². The molecule has 0 unspecified atom stereocenters. The van der Waals surface area contributed by atoms with E-state index in [1.807, 2.05) is 18.2 Å². The van der Waals surface area contributed by atoms with Crippen LogP contribution < -0.4 is 15.8 Å². The molecule has 6 nitrogen and oxygen atoms in total. The Hall–Kier alpha value is -1.15. The summed E-state index contributed by atoms with van der Waals surface area (Å²) in [5, 5.41) is 4.17. The number of nitrogens with zero attached hydrogens (tertiary/aromatic N) is 2. The highest BCUT2D eigenvalue weighted by molar-refractivity contribution is 8.14. The highest BCUT2D eigenvalue weighted by atomic mass is 35.6. The number of hydrazine groups is 1. The van der Waals surface area contributed by atoms with Gasteiger partial charge in [-0.25, -0.2) is 10.0 Å². The quantitative estimate of drug-likeness (QED) is 0.771. The predicted molar refractivity (Wildman–Crippen MR) is 94.9 cm³/mol. The summed E-state index contributed by atoms with van der Waals surface area (Å²) in [7, 11) is 0. The van der Waals surface area contributed by atoms with Crippen LogP contribution in [0.15, 0.2) is 35.3 Å². The molecular weight excluding hydrogens is 383 g/mol. The summed E-state index contributed by atoms with van der Waals surface area (Å²) in [6.07, 6.45) is -1.08. The lowest BCUT2D eigenvalue weighted by Crippen LogP contribution is -2.52. The van der Waals surface area contributed by atoms with Gasteiger partial charge in [0.1, 0.15) is 0 Å². The van der Waals surface area contributed by atoms with Crippen molar-refractivity contribution >= 4 is 69.2 Å². The van der Waals surface area contributed by atoms with E-state index in [1.165, 1.54) is 11.9 Å². The van der Waals surface area contributed by atoms with E-state index in [2.05, 4.69) is 15.7 Å². The predicted octanol–water partition coefficient (Wildman–Crippen LogP) is 2.46. The monoisotopic (exact) mass is 394 g/mol. The number of hydrogen-bond donors (Lipinski definition) is 2. The van der Waals surface area contributed by atoms with Crippen LogP contribution in [0.25, 0.3) is 0 Å². The summed E-state index contributed by atoms with van der Waals surface area (Å²) in [5.74, 6) is -0.347. The van der Waals surface area contributed by atoms with Gasteiger partial charge in [0.25, 0.3) is 5.91 Å². The van der Waals surface area contributed by atoms with Crippen molar-refractivity contribution in [1.29, 1.82) is 0 Å². The molecule has 0 aromatic heterocycles. The van der Waals surface area contributed by atoms with Gasteiger partial charge in [0.2, 0.25) is 9.70 Å². The molecule has 0 spiro atoms. The van der Waals surface area contributed by atoms with Crippen LogP contribution in [0.2, 0.25) is 0 Å². The van der Waals surface area contributed by atoms with Crippen LogP contribution in [0.4, 0.5) is 5.69 Å². The van der Waals surface area contributed by atoms with Gasteiger partial charge in [0, 0.05) is 6.92 Å². The number of benzene rings is 1. The molecule has 124 valence electrons. The lowest BCUT2D eigenvalue weighted by atomic mass is 10.3. The SMILES string of the molecule is CC(=O)N[C@H](/N=C1/NN(c2ccccc2)C(=O)CS1)C(Cl)(Cl)Cl. The Bertz CT molecular complexity index is 621. The summed E-state index contributed by atoms with van der Waals surface area (Å²) in [4.78, 5) is 27.5. The average molecular weight is 396 g/mol. The molecule has 1 fully saturated rings. The van der Waals surface area contributed by atoms with E-state index in [1.54, 1.807) is 12.1 Å². The van der Waals surface area contributed by atoms with Crippen LogP contribution >= 0.6 is 46.6 Å². The van der Waals surface area contributed by atoms with Crippen molar-refractivity contribution in [2.45, 2.75) is 16.9 Å². The number of carbonyl (C=O) groups is 2. The number of alkyl halides is 3. The second kappa shape index (κ2) is 7.61. The second-order valence-electron chi connectivity index (χ2n) is 4.54. The van der Waals surface area contributed by atoms with Gasteiger partial charge in [0.05, 0.1) is 11.4 Å². The van der Waals surface area contributed by atoms with Crippen LogP contribution in [-0.2, 0) is 9.59 Å². The zero-order valence-electron chi connectivity index (χ0n) is 11.9.